The third-order valence-electron chi connectivity index (χ3n) is 3.79. The van der Waals surface area contributed by atoms with Gasteiger partial charge < -0.3 is 15.2 Å². The second-order valence-corrected chi connectivity index (χ2v) is 7.62. The molecule has 1 aliphatic rings. The molecule has 9 nitrogen and oxygen atoms in total. The monoisotopic (exact) mass is 378 g/mol. The second-order valence-electron chi connectivity index (χ2n) is 5.68. The van der Waals surface area contributed by atoms with Crippen LogP contribution in [0.15, 0.2) is 47.5 Å². The number of hydrogen-bond acceptors (Lipinski definition) is 7. The molecular formula is C16H18N4O5S. The predicted octanol–water partition coefficient (Wildman–Crippen LogP) is 0.183. The molecule has 1 aliphatic heterocycles. The number of primary amides is 1. The maximum absolute atomic E-state index is 12.7. The molecule has 0 saturated carbocycles. The highest BCUT2D eigenvalue weighted by Gasteiger charge is 2.33. The van der Waals surface area contributed by atoms with Crippen LogP contribution < -0.4 is 15.2 Å². The number of ether oxygens (including phenoxy) is 2. The Kier molecular flexibility index (Phi) is 5.33. The van der Waals surface area contributed by atoms with E-state index >= 15 is 0 Å². The lowest BCUT2D eigenvalue weighted by atomic mass is 10.3. The largest absolute Gasteiger partial charge is 0.484 e. The highest BCUT2D eigenvalue weighted by molar-refractivity contribution is 7.89. The number of carbonyl (C=O) groups is 1. The van der Waals surface area contributed by atoms with Crippen LogP contribution >= 0.6 is 0 Å². The first kappa shape index (κ1) is 18.1. The van der Waals surface area contributed by atoms with Crippen LogP contribution in [-0.2, 0) is 14.8 Å². The summed E-state index contributed by atoms with van der Waals surface area (Å²) >= 11 is 0. The fourth-order valence-electron chi connectivity index (χ4n) is 2.54. The molecule has 1 fully saturated rings. The van der Waals surface area contributed by atoms with Crippen molar-refractivity contribution in [2.45, 2.75) is 17.4 Å². The Morgan fingerprint density at radius 2 is 2.04 bits per heavy atom. The van der Waals surface area contributed by atoms with Gasteiger partial charge in [-0.05, 0) is 36.8 Å². The zero-order valence-corrected chi connectivity index (χ0v) is 14.6. The molecule has 1 aromatic heterocycles. The topological polar surface area (TPSA) is 125 Å². The van der Waals surface area contributed by atoms with Gasteiger partial charge in [-0.2, -0.15) is 9.40 Å². The molecule has 1 saturated heterocycles. The summed E-state index contributed by atoms with van der Waals surface area (Å²) in [5.74, 6) is 0.133. The normalized spacial score (nSPS) is 17.8. The Labute approximate surface area is 150 Å². The lowest BCUT2D eigenvalue weighted by Crippen LogP contribution is -2.31. The number of sulfonamides is 1. The average molecular weight is 378 g/mol. The van der Waals surface area contributed by atoms with Crippen molar-refractivity contribution in [3.8, 4) is 11.6 Å². The van der Waals surface area contributed by atoms with Gasteiger partial charge in [0.05, 0.1) is 11.4 Å². The van der Waals surface area contributed by atoms with E-state index in [0.29, 0.717) is 24.6 Å². The summed E-state index contributed by atoms with van der Waals surface area (Å²) in [5, 5.41) is 7.57. The minimum atomic E-state index is -3.64. The number of amides is 1. The number of nitrogens with zero attached hydrogens (tertiary/aromatic N) is 3. The molecule has 1 aromatic carbocycles. The zero-order valence-electron chi connectivity index (χ0n) is 13.8. The number of benzene rings is 1. The molecule has 26 heavy (non-hydrogen) atoms. The third-order valence-corrected chi connectivity index (χ3v) is 5.66. The van der Waals surface area contributed by atoms with Crippen molar-refractivity contribution in [3.63, 3.8) is 0 Å². The SMILES string of the molecule is NC(=O)COc1ccc(S(=O)(=O)N2CC[C@@H](Oc3cccnn3)C2)cc1. The van der Waals surface area contributed by atoms with Crippen molar-refractivity contribution in [1.29, 1.82) is 0 Å². The lowest BCUT2D eigenvalue weighted by Gasteiger charge is -2.17. The molecule has 0 spiro atoms. The van der Waals surface area contributed by atoms with Gasteiger partial charge in [-0.15, -0.1) is 5.10 Å². The highest BCUT2D eigenvalue weighted by atomic mass is 32.2. The number of rotatable bonds is 7. The minimum Gasteiger partial charge on any atom is -0.484 e. The van der Waals surface area contributed by atoms with Gasteiger partial charge in [-0.25, -0.2) is 8.42 Å². The number of hydrogen-bond donors (Lipinski definition) is 1. The van der Waals surface area contributed by atoms with E-state index in [9.17, 15) is 13.2 Å². The van der Waals surface area contributed by atoms with Crippen LogP contribution in [0.25, 0.3) is 0 Å². The summed E-state index contributed by atoms with van der Waals surface area (Å²) in [6.07, 6.45) is 1.82. The molecule has 2 aromatic rings. The number of carbonyl (C=O) groups excluding carboxylic acids is 1. The summed E-state index contributed by atoms with van der Waals surface area (Å²) < 4.78 is 37.6. The van der Waals surface area contributed by atoms with E-state index in [2.05, 4.69) is 10.2 Å². The first-order valence-corrected chi connectivity index (χ1v) is 9.35. The van der Waals surface area contributed by atoms with Crippen LogP contribution in [0.4, 0.5) is 0 Å². The summed E-state index contributed by atoms with van der Waals surface area (Å²) in [7, 11) is -3.64. The zero-order chi connectivity index (χ0) is 18.6. The summed E-state index contributed by atoms with van der Waals surface area (Å²) in [6.45, 7) is 0.325. The van der Waals surface area contributed by atoms with Gasteiger partial charge in [0, 0.05) is 18.8 Å². The van der Waals surface area contributed by atoms with Gasteiger partial charge in [-0.3, -0.25) is 4.79 Å². The van der Waals surface area contributed by atoms with E-state index in [1.54, 1.807) is 12.1 Å². The minimum absolute atomic E-state index is 0.143. The molecule has 1 amide bonds. The van der Waals surface area contributed by atoms with Crippen LogP contribution in [-0.4, -0.2) is 54.6 Å². The Balaban J connectivity index is 1.64. The molecule has 3 rings (SSSR count). The molecule has 0 aliphatic carbocycles. The van der Waals surface area contributed by atoms with Crippen molar-refractivity contribution in [2.24, 2.45) is 5.73 Å². The fraction of sp³-hybridized carbons (Fsp3) is 0.312. The van der Waals surface area contributed by atoms with Crippen molar-refractivity contribution < 1.29 is 22.7 Å². The highest BCUT2D eigenvalue weighted by Crippen LogP contribution is 2.24. The molecule has 0 unspecified atom stereocenters. The molecule has 2 heterocycles. The van der Waals surface area contributed by atoms with Crippen molar-refractivity contribution in [2.75, 3.05) is 19.7 Å². The third kappa shape index (κ3) is 4.27. The van der Waals surface area contributed by atoms with Crippen molar-refractivity contribution in [1.82, 2.24) is 14.5 Å². The molecule has 10 heteroatoms. The predicted molar refractivity (Wildman–Crippen MR) is 91.0 cm³/mol. The maximum Gasteiger partial charge on any atom is 0.255 e. The van der Waals surface area contributed by atoms with E-state index in [4.69, 9.17) is 15.2 Å². The lowest BCUT2D eigenvalue weighted by molar-refractivity contribution is -0.119. The van der Waals surface area contributed by atoms with E-state index in [-0.39, 0.29) is 24.2 Å². The quantitative estimate of drug-likeness (QED) is 0.729. The van der Waals surface area contributed by atoms with E-state index in [1.807, 2.05) is 0 Å². The van der Waals surface area contributed by atoms with Crippen LogP contribution in [0, 0.1) is 0 Å². The van der Waals surface area contributed by atoms with Crippen molar-refractivity contribution in [3.05, 3.63) is 42.6 Å². The van der Waals surface area contributed by atoms with Crippen LogP contribution in [0.3, 0.4) is 0 Å². The fourth-order valence-corrected chi connectivity index (χ4v) is 4.03. The average Bonchev–Trinajstić information content (AvgIpc) is 3.10. The summed E-state index contributed by atoms with van der Waals surface area (Å²) in [6, 6.07) is 9.21. The Morgan fingerprint density at radius 1 is 1.27 bits per heavy atom. The molecule has 0 bridgehead atoms. The molecule has 2 N–H and O–H groups in total. The van der Waals surface area contributed by atoms with Crippen LogP contribution in [0.2, 0.25) is 0 Å². The van der Waals surface area contributed by atoms with Gasteiger partial charge in [0.2, 0.25) is 15.9 Å². The molecular weight excluding hydrogens is 360 g/mol. The van der Waals surface area contributed by atoms with Gasteiger partial charge in [-0.1, -0.05) is 0 Å². The summed E-state index contributed by atoms with van der Waals surface area (Å²) in [5.41, 5.74) is 5.00. The molecule has 138 valence electrons. The van der Waals surface area contributed by atoms with Crippen LogP contribution in [0.1, 0.15) is 6.42 Å². The second kappa shape index (κ2) is 7.67. The van der Waals surface area contributed by atoms with Crippen LogP contribution in [0.5, 0.6) is 11.6 Å². The molecule has 0 radical (unpaired) electrons. The van der Waals surface area contributed by atoms with Gasteiger partial charge in [0.1, 0.15) is 11.9 Å². The van der Waals surface area contributed by atoms with E-state index in [1.165, 1.54) is 34.8 Å². The number of aromatic nitrogens is 2. The molecule has 1 atom stereocenters. The Morgan fingerprint density at radius 3 is 2.69 bits per heavy atom. The van der Waals surface area contributed by atoms with Gasteiger partial charge >= 0.3 is 0 Å². The van der Waals surface area contributed by atoms with E-state index < -0.39 is 15.9 Å². The first-order valence-electron chi connectivity index (χ1n) is 7.91. The first-order chi connectivity index (χ1) is 12.4. The van der Waals surface area contributed by atoms with Gasteiger partial charge in [0.25, 0.3) is 5.91 Å². The number of nitrogens with two attached hydrogens (primary N) is 1. The summed E-state index contributed by atoms with van der Waals surface area (Å²) in [4.78, 5) is 10.9. The Hall–Kier alpha value is -2.72. The van der Waals surface area contributed by atoms with Crippen molar-refractivity contribution >= 4 is 15.9 Å². The Bertz CT molecular complexity index is 858. The standard InChI is InChI=1S/C16H18N4O5S/c17-15(21)11-24-12-3-5-14(6-4-12)26(22,23)20-9-7-13(10-20)25-16-2-1-8-18-19-16/h1-6,8,13H,7,9-11H2,(H2,17,21)/t13-/m1/s1. The maximum atomic E-state index is 12.7. The van der Waals surface area contributed by atoms with Gasteiger partial charge in [0.15, 0.2) is 6.61 Å². The van der Waals surface area contributed by atoms with E-state index in [0.717, 1.165) is 0 Å². The smallest absolute Gasteiger partial charge is 0.255 e.